The Hall–Kier alpha value is -4.11. The van der Waals surface area contributed by atoms with Gasteiger partial charge in [-0.15, -0.1) is 0 Å². The van der Waals surface area contributed by atoms with Crippen LogP contribution in [-0.2, 0) is 9.53 Å². The predicted molar refractivity (Wildman–Crippen MR) is 162 cm³/mol. The zero-order valence-corrected chi connectivity index (χ0v) is 25.1. The van der Waals surface area contributed by atoms with Crippen LogP contribution in [-0.4, -0.2) is 35.4 Å². The maximum atomic E-state index is 14.2. The van der Waals surface area contributed by atoms with Crippen molar-refractivity contribution in [3.63, 3.8) is 0 Å². The molecule has 214 valence electrons. The van der Waals surface area contributed by atoms with Crippen LogP contribution in [0.15, 0.2) is 69.7 Å². The van der Waals surface area contributed by atoms with Crippen LogP contribution in [0.2, 0.25) is 0 Å². The number of thiazole rings is 1. The highest BCUT2D eigenvalue weighted by Crippen LogP contribution is 2.41. The van der Waals surface area contributed by atoms with Crippen molar-refractivity contribution in [3.05, 3.63) is 90.7 Å². The molecular formula is C32H35N3O5S. The van der Waals surface area contributed by atoms with Crippen LogP contribution in [0.3, 0.4) is 0 Å². The number of hydrogen-bond donors (Lipinski definition) is 0. The molecule has 2 aromatic heterocycles. The number of carbonyl (C=O) groups excluding carboxylic acids is 1. The molecule has 0 saturated carbocycles. The van der Waals surface area contributed by atoms with Crippen molar-refractivity contribution < 1.29 is 19.0 Å². The quantitative estimate of drug-likeness (QED) is 0.259. The number of carbonyl (C=O) groups is 1. The number of fused-ring (bicyclic) bond motifs is 2. The van der Waals surface area contributed by atoms with Crippen molar-refractivity contribution in [2.45, 2.75) is 53.1 Å². The van der Waals surface area contributed by atoms with Crippen molar-refractivity contribution >= 4 is 34.3 Å². The highest BCUT2D eigenvalue weighted by molar-refractivity contribution is 7.07. The monoisotopic (exact) mass is 573 g/mol. The Morgan fingerprint density at radius 2 is 1.93 bits per heavy atom. The van der Waals surface area contributed by atoms with Crippen molar-refractivity contribution in [1.29, 1.82) is 0 Å². The van der Waals surface area contributed by atoms with E-state index in [0.29, 0.717) is 44.3 Å². The van der Waals surface area contributed by atoms with E-state index in [2.05, 4.69) is 36.7 Å². The molecule has 1 aliphatic rings. The number of para-hydroxylation sites is 2. The molecule has 0 amide bonds. The molecule has 0 aliphatic carbocycles. The largest absolute Gasteiger partial charge is 0.493 e. The van der Waals surface area contributed by atoms with Crippen LogP contribution in [0.5, 0.6) is 11.5 Å². The summed E-state index contributed by atoms with van der Waals surface area (Å²) in [6.07, 6.45) is 4.79. The molecule has 4 aromatic rings. The number of hydrogen-bond acceptors (Lipinski definition) is 7. The summed E-state index contributed by atoms with van der Waals surface area (Å²) in [5.41, 5.74) is 3.26. The van der Waals surface area contributed by atoms with Gasteiger partial charge in [0.25, 0.3) is 5.56 Å². The summed E-state index contributed by atoms with van der Waals surface area (Å²) in [5, 5.41) is 1.06. The summed E-state index contributed by atoms with van der Waals surface area (Å²) < 4.78 is 21.6. The van der Waals surface area contributed by atoms with Gasteiger partial charge in [0.1, 0.15) is 6.04 Å². The molecule has 0 bridgehead atoms. The Labute approximate surface area is 242 Å². The number of nitrogens with zero attached hydrogens (tertiary/aromatic N) is 3. The maximum Gasteiger partial charge on any atom is 0.338 e. The average molecular weight is 574 g/mol. The molecule has 8 nitrogen and oxygen atoms in total. The molecule has 41 heavy (non-hydrogen) atoms. The fraction of sp³-hybridized carbons (Fsp3) is 0.344. The molecule has 1 aliphatic heterocycles. The summed E-state index contributed by atoms with van der Waals surface area (Å²) in [5.74, 6) is 0.502. The third-order valence-electron chi connectivity index (χ3n) is 7.11. The lowest BCUT2D eigenvalue weighted by Gasteiger charge is -2.27. The van der Waals surface area contributed by atoms with Gasteiger partial charge in [-0.25, -0.2) is 9.79 Å². The van der Waals surface area contributed by atoms with Gasteiger partial charge in [0, 0.05) is 34.3 Å². The number of allylic oxidation sites excluding steroid dienone is 1. The predicted octanol–water partition coefficient (Wildman–Crippen LogP) is 5.13. The second-order valence-electron chi connectivity index (χ2n) is 10.1. The fourth-order valence-corrected chi connectivity index (χ4v) is 6.31. The van der Waals surface area contributed by atoms with Gasteiger partial charge >= 0.3 is 5.97 Å². The molecule has 5 rings (SSSR count). The van der Waals surface area contributed by atoms with E-state index in [0.717, 1.165) is 22.9 Å². The van der Waals surface area contributed by atoms with E-state index in [-0.39, 0.29) is 18.2 Å². The SMILES string of the molecule is CCCOc1c(OC)cccc1[C@@H]1C(C(=O)OCC)=C(C)N=c2s/c(=C/c3cn(C(C)C)c4ccccc34)c(=O)n21. The molecular weight excluding hydrogens is 538 g/mol. The van der Waals surface area contributed by atoms with E-state index in [1.54, 1.807) is 25.5 Å². The van der Waals surface area contributed by atoms with Gasteiger partial charge in [-0.05, 0) is 52.3 Å². The molecule has 9 heteroatoms. The smallest absolute Gasteiger partial charge is 0.338 e. The summed E-state index contributed by atoms with van der Waals surface area (Å²) in [7, 11) is 1.57. The minimum absolute atomic E-state index is 0.198. The van der Waals surface area contributed by atoms with Gasteiger partial charge in [0.05, 0.1) is 36.1 Å². The normalized spacial score (nSPS) is 15.3. The first-order chi connectivity index (χ1) is 19.8. The van der Waals surface area contributed by atoms with E-state index in [1.165, 1.54) is 11.3 Å². The van der Waals surface area contributed by atoms with Gasteiger partial charge in [0.15, 0.2) is 16.3 Å². The Morgan fingerprint density at radius 3 is 2.63 bits per heavy atom. The second kappa shape index (κ2) is 11.8. The van der Waals surface area contributed by atoms with Crippen LogP contribution in [0, 0.1) is 0 Å². The lowest BCUT2D eigenvalue weighted by Crippen LogP contribution is -2.40. The minimum Gasteiger partial charge on any atom is -0.493 e. The highest BCUT2D eigenvalue weighted by Gasteiger charge is 2.36. The standard InChI is InChI=1S/C32H35N3O5S/c1-7-16-40-29-23(13-11-15-25(29)38-6)28-27(31(37)39-8-2)20(5)33-32-35(28)30(36)26(41-32)17-21-18-34(19(3)4)24-14-10-9-12-22(21)24/h9-15,17-19,28H,7-8,16H2,1-6H3/b26-17+/t28-/m1/s1. The number of methoxy groups -OCH3 is 1. The summed E-state index contributed by atoms with van der Waals surface area (Å²) >= 11 is 1.31. The van der Waals surface area contributed by atoms with Crippen molar-refractivity contribution in [3.8, 4) is 11.5 Å². The summed E-state index contributed by atoms with van der Waals surface area (Å²) in [6, 6.07) is 13.1. The van der Waals surface area contributed by atoms with Crippen LogP contribution in [0.4, 0.5) is 0 Å². The lowest BCUT2D eigenvalue weighted by molar-refractivity contribution is -0.139. The van der Waals surface area contributed by atoms with Crippen LogP contribution in [0.1, 0.15) is 64.3 Å². The number of ether oxygens (including phenoxy) is 3. The van der Waals surface area contributed by atoms with Gasteiger partial charge in [-0.2, -0.15) is 0 Å². The minimum atomic E-state index is -0.800. The molecule has 0 fully saturated rings. The van der Waals surface area contributed by atoms with Crippen LogP contribution in [0.25, 0.3) is 17.0 Å². The number of benzene rings is 2. The van der Waals surface area contributed by atoms with E-state index in [1.807, 2.05) is 43.3 Å². The average Bonchev–Trinajstić information content (AvgIpc) is 3.48. The van der Waals surface area contributed by atoms with E-state index < -0.39 is 12.0 Å². The maximum absolute atomic E-state index is 14.2. The molecule has 0 unspecified atom stereocenters. The topological polar surface area (TPSA) is 84.1 Å². The highest BCUT2D eigenvalue weighted by atomic mass is 32.1. The Kier molecular flexibility index (Phi) is 8.17. The summed E-state index contributed by atoms with van der Waals surface area (Å²) in [4.78, 5) is 32.8. The van der Waals surface area contributed by atoms with E-state index >= 15 is 0 Å². The van der Waals surface area contributed by atoms with Crippen molar-refractivity contribution in [2.24, 2.45) is 4.99 Å². The summed E-state index contributed by atoms with van der Waals surface area (Å²) in [6.45, 7) is 10.5. The van der Waals surface area contributed by atoms with Crippen molar-refractivity contribution in [2.75, 3.05) is 20.3 Å². The second-order valence-corrected chi connectivity index (χ2v) is 11.1. The first kappa shape index (κ1) is 28.4. The van der Waals surface area contributed by atoms with Crippen LogP contribution < -0.4 is 24.4 Å². The Balaban J connectivity index is 1.78. The third kappa shape index (κ3) is 5.10. The number of aromatic nitrogens is 2. The molecule has 2 aromatic carbocycles. The third-order valence-corrected chi connectivity index (χ3v) is 8.09. The van der Waals surface area contributed by atoms with Crippen molar-refractivity contribution in [1.82, 2.24) is 9.13 Å². The molecule has 0 spiro atoms. The van der Waals surface area contributed by atoms with Gasteiger partial charge in [0.2, 0.25) is 0 Å². The van der Waals surface area contributed by atoms with Gasteiger partial charge in [-0.1, -0.05) is 48.6 Å². The first-order valence-corrected chi connectivity index (χ1v) is 14.7. The van der Waals surface area contributed by atoms with Gasteiger partial charge in [-0.3, -0.25) is 9.36 Å². The fourth-order valence-electron chi connectivity index (χ4n) is 5.27. The molecule has 3 heterocycles. The van der Waals surface area contributed by atoms with Gasteiger partial charge < -0.3 is 18.8 Å². The number of esters is 1. The lowest BCUT2D eigenvalue weighted by atomic mass is 9.94. The zero-order valence-electron chi connectivity index (χ0n) is 24.3. The Bertz CT molecular complexity index is 1830. The van der Waals surface area contributed by atoms with Crippen LogP contribution >= 0.6 is 11.3 Å². The Morgan fingerprint density at radius 1 is 1.15 bits per heavy atom. The van der Waals surface area contributed by atoms with E-state index in [9.17, 15) is 9.59 Å². The van der Waals surface area contributed by atoms with E-state index in [4.69, 9.17) is 19.2 Å². The molecule has 1 atom stereocenters. The zero-order chi connectivity index (χ0) is 29.3. The molecule has 0 saturated heterocycles. The number of rotatable bonds is 9. The molecule has 0 radical (unpaired) electrons. The molecule has 0 N–H and O–H groups in total. The first-order valence-electron chi connectivity index (χ1n) is 13.9.